The molecule has 1 aromatic heterocycles. The van der Waals surface area contributed by atoms with Gasteiger partial charge >= 0.3 is 6.18 Å². The molecule has 110 valence electrons. The molecule has 0 saturated carbocycles. The molecule has 0 saturated heterocycles. The van der Waals surface area contributed by atoms with E-state index in [0.717, 1.165) is 24.3 Å². The summed E-state index contributed by atoms with van der Waals surface area (Å²) in [4.78, 5) is 4.07. The fraction of sp³-hybridized carbons (Fsp3) is 0.462. The predicted octanol–water partition coefficient (Wildman–Crippen LogP) is 3.95. The van der Waals surface area contributed by atoms with Crippen LogP contribution >= 0.6 is 11.8 Å². The number of aromatic nitrogens is 2. The second-order valence-corrected chi connectivity index (χ2v) is 5.47. The summed E-state index contributed by atoms with van der Waals surface area (Å²) in [5, 5.41) is 0. The Morgan fingerprint density at radius 3 is 2.65 bits per heavy atom. The largest absolute Gasteiger partial charge is 0.416 e. The average Bonchev–Trinajstić information content (AvgIpc) is 2.70. The fourth-order valence-electron chi connectivity index (χ4n) is 2.24. The normalized spacial score (nSPS) is 13.8. The van der Waals surface area contributed by atoms with Crippen molar-refractivity contribution in [1.82, 2.24) is 9.55 Å². The topological polar surface area (TPSA) is 43.8 Å². The van der Waals surface area contributed by atoms with Gasteiger partial charge in [-0.1, -0.05) is 6.92 Å². The number of hydrogen-bond donors (Lipinski definition) is 1. The molecule has 0 amide bonds. The third-order valence-electron chi connectivity index (χ3n) is 3.24. The Hall–Kier alpha value is -1.37. The smallest absolute Gasteiger partial charge is 0.369 e. The Morgan fingerprint density at radius 1 is 1.40 bits per heavy atom. The predicted molar refractivity (Wildman–Crippen MR) is 76.9 cm³/mol. The van der Waals surface area contributed by atoms with Gasteiger partial charge in [0.25, 0.3) is 0 Å². The zero-order valence-corrected chi connectivity index (χ0v) is 12.1. The van der Waals surface area contributed by atoms with Crippen molar-refractivity contribution in [3.05, 3.63) is 23.8 Å². The molecule has 0 fully saturated rings. The number of nitrogen functional groups attached to an aromatic ring is 1. The summed E-state index contributed by atoms with van der Waals surface area (Å²) in [7, 11) is 0. The van der Waals surface area contributed by atoms with Crippen LogP contribution in [-0.2, 0) is 6.18 Å². The number of anilines is 1. The number of rotatable bonds is 4. The van der Waals surface area contributed by atoms with Crippen molar-refractivity contribution in [1.29, 1.82) is 0 Å². The molecule has 1 aromatic carbocycles. The van der Waals surface area contributed by atoms with E-state index < -0.39 is 11.7 Å². The number of nitrogens with two attached hydrogens (primary N) is 1. The number of fused-ring (bicyclic) bond motifs is 1. The summed E-state index contributed by atoms with van der Waals surface area (Å²) >= 11 is 1.67. The Balaban J connectivity index is 2.55. The van der Waals surface area contributed by atoms with Crippen LogP contribution in [0.15, 0.2) is 18.2 Å². The Kier molecular flexibility index (Phi) is 4.17. The highest BCUT2D eigenvalue weighted by molar-refractivity contribution is 7.98. The van der Waals surface area contributed by atoms with Gasteiger partial charge in [-0.05, 0) is 30.9 Å². The highest BCUT2D eigenvalue weighted by atomic mass is 32.2. The average molecular weight is 303 g/mol. The number of halogens is 3. The van der Waals surface area contributed by atoms with E-state index in [0.29, 0.717) is 5.52 Å². The quantitative estimate of drug-likeness (QED) is 0.930. The Labute approximate surface area is 119 Å². The van der Waals surface area contributed by atoms with Crippen LogP contribution in [0.1, 0.15) is 24.9 Å². The molecule has 3 nitrogen and oxygen atoms in total. The first-order valence-electron chi connectivity index (χ1n) is 6.22. The van der Waals surface area contributed by atoms with Crippen molar-refractivity contribution in [2.24, 2.45) is 0 Å². The second-order valence-electron chi connectivity index (χ2n) is 4.56. The first-order valence-corrected chi connectivity index (χ1v) is 7.61. The molecule has 0 aliphatic rings. The second kappa shape index (κ2) is 5.55. The molecular weight excluding hydrogens is 287 g/mol. The minimum Gasteiger partial charge on any atom is -0.369 e. The molecule has 0 radical (unpaired) electrons. The fourth-order valence-corrected chi connectivity index (χ4v) is 3.01. The molecule has 1 unspecified atom stereocenters. The van der Waals surface area contributed by atoms with E-state index >= 15 is 0 Å². The third-order valence-corrected chi connectivity index (χ3v) is 3.96. The van der Waals surface area contributed by atoms with Crippen molar-refractivity contribution >= 4 is 28.7 Å². The first kappa shape index (κ1) is 15.0. The summed E-state index contributed by atoms with van der Waals surface area (Å²) in [6.07, 6.45) is -1.53. The summed E-state index contributed by atoms with van der Waals surface area (Å²) in [6.45, 7) is 2.02. The van der Waals surface area contributed by atoms with Crippen LogP contribution in [0.2, 0.25) is 0 Å². The van der Waals surface area contributed by atoms with Crippen LogP contribution in [-0.4, -0.2) is 21.6 Å². The molecule has 0 aliphatic heterocycles. The minimum absolute atomic E-state index is 0.131. The van der Waals surface area contributed by atoms with Crippen LogP contribution in [0, 0.1) is 0 Å². The molecule has 20 heavy (non-hydrogen) atoms. The molecular formula is C13H16F3N3S. The van der Waals surface area contributed by atoms with Gasteiger partial charge in [-0.2, -0.15) is 24.9 Å². The Morgan fingerprint density at radius 2 is 2.10 bits per heavy atom. The highest BCUT2D eigenvalue weighted by Crippen LogP contribution is 2.33. The van der Waals surface area contributed by atoms with Gasteiger partial charge in [-0.25, -0.2) is 4.98 Å². The molecule has 0 bridgehead atoms. The van der Waals surface area contributed by atoms with Gasteiger partial charge < -0.3 is 10.3 Å². The van der Waals surface area contributed by atoms with E-state index in [1.807, 2.05) is 17.7 Å². The number of nitrogens with zero attached hydrogens (tertiary/aromatic N) is 2. The van der Waals surface area contributed by atoms with E-state index in [9.17, 15) is 13.2 Å². The molecule has 0 spiro atoms. The van der Waals surface area contributed by atoms with Crippen molar-refractivity contribution in [3.63, 3.8) is 0 Å². The zero-order chi connectivity index (χ0) is 14.9. The summed E-state index contributed by atoms with van der Waals surface area (Å²) < 4.78 is 39.9. The molecule has 7 heteroatoms. The molecule has 0 aliphatic carbocycles. The lowest BCUT2D eigenvalue weighted by molar-refractivity contribution is -0.137. The van der Waals surface area contributed by atoms with Crippen molar-refractivity contribution in [3.8, 4) is 0 Å². The molecule has 2 N–H and O–H groups in total. The summed E-state index contributed by atoms with van der Waals surface area (Å²) in [5.74, 6) is 1.10. The van der Waals surface area contributed by atoms with E-state index in [1.165, 1.54) is 6.07 Å². The van der Waals surface area contributed by atoms with Gasteiger partial charge in [-0.15, -0.1) is 0 Å². The van der Waals surface area contributed by atoms with E-state index in [4.69, 9.17) is 5.73 Å². The number of imidazole rings is 1. The number of benzene rings is 1. The minimum atomic E-state index is -4.36. The van der Waals surface area contributed by atoms with Gasteiger partial charge in [0.1, 0.15) is 0 Å². The van der Waals surface area contributed by atoms with E-state index in [-0.39, 0.29) is 17.5 Å². The highest BCUT2D eigenvalue weighted by Gasteiger charge is 2.31. The van der Waals surface area contributed by atoms with E-state index in [1.54, 1.807) is 11.8 Å². The van der Waals surface area contributed by atoms with Gasteiger partial charge in [0.05, 0.1) is 16.6 Å². The van der Waals surface area contributed by atoms with Crippen molar-refractivity contribution in [2.45, 2.75) is 25.6 Å². The standard InChI is InChI=1S/C13H16F3N3S/c1-3-9(7-20-2)19-11-5-4-8(13(14,15)16)6-10(11)18-12(19)17/h4-6,9H,3,7H2,1-2H3,(H2,17,18). The maximum atomic E-state index is 12.7. The van der Waals surface area contributed by atoms with Gasteiger partial charge in [0, 0.05) is 11.8 Å². The zero-order valence-electron chi connectivity index (χ0n) is 11.2. The van der Waals surface area contributed by atoms with Crippen molar-refractivity contribution in [2.75, 3.05) is 17.7 Å². The lowest BCUT2D eigenvalue weighted by Crippen LogP contribution is -2.13. The van der Waals surface area contributed by atoms with Crippen LogP contribution in [0.4, 0.5) is 19.1 Å². The monoisotopic (exact) mass is 303 g/mol. The number of hydrogen-bond acceptors (Lipinski definition) is 3. The number of thioether (sulfide) groups is 1. The maximum Gasteiger partial charge on any atom is 0.416 e. The first-order chi connectivity index (χ1) is 9.38. The maximum absolute atomic E-state index is 12.7. The van der Waals surface area contributed by atoms with Crippen LogP contribution in [0.5, 0.6) is 0 Å². The lowest BCUT2D eigenvalue weighted by atomic mass is 10.2. The number of alkyl halides is 3. The van der Waals surface area contributed by atoms with Crippen LogP contribution in [0.3, 0.4) is 0 Å². The molecule has 2 aromatic rings. The lowest BCUT2D eigenvalue weighted by Gasteiger charge is -2.18. The van der Waals surface area contributed by atoms with Gasteiger partial charge in [0.15, 0.2) is 0 Å². The van der Waals surface area contributed by atoms with Crippen molar-refractivity contribution < 1.29 is 13.2 Å². The van der Waals surface area contributed by atoms with E-state index in [2.05, 4.69) is 4.98 Å². The Bertz CT molecular complexity index is 607. The molecule has 2 rings (SSSR count). The van der Waals surface area contributed by atoms with Gasteiger partial charge in [0.2, 0.25) is 5.95 Å². The van der Waals surface area contributed by atoms with Crippen LogP contribution in [0.25, 0.3) is 11.0 Å². The molecule has 1 heterocycles. The SMILES string of the molecule is CCC(CSC)n1c(N)nc2cc(C(F)(F)F)ccc21. The molecule has 1 atom stereocenters. The summed E-state index contributed by atoms with van der Waals surface area (Å²) in [6, 6.07) is 3.70. The summed E-state index contributed by atoms with van der Waals surface area (Å²) in [5.41, 5.74) is 6.12. The third kappa shape index (κ3) is 2.72. The van der Waals surface area contributed by atoms with Gasteiger partial charge in [-0.3, -0.25) is 0 Å². The van der Waals surface area contributed by atoms with Crippen LogP contribution < -0.4 is 5.73 Å².